The van der Waals surface area contributed by atoms with Gasteiger partial charge >= 0.3 is 36.6 Å². The lowest BCUT2D eigenvalue weighted by Gasteiger charge is -2.35. The lowest BCUT2D eigenvalue weighted by Crippen LogP contribution is -2.54. The predicted molar refractivity (Wildman–Crippen MR) is 239 cm³/mol. The third-order valence-electron chi connectivity index (χ3n) is 8.90. The Morgan fingerprint density at radius 2 is 1.06 bits per heavy atom. The number of benzene rings is 2. The molecule has 0 unspecified atom stereocenters. The monoisotopic (exact) mass is 1210 g/mol. The van der Waals surface area contributed by atoms with Gasteiger partial charge in [-0.2, -0.15) is 52.7 Å². The molecule has 0 aliphatic heterocycles. The number of halogens is 17. The molecule has 0 saturated carbocycles. The standard InChI is InChI=1S/C20H18Cl2F6N2O4S.C10H14N2O4S.C9H3BrCl2F6O/c1-17(2,33)7-29-14(31)15-30-12(16(32)34-4)13(35-15)8-5-6-9(11(22)10(8)21)18(3,19(23,24)25)20(26,27)28;1-10(2,15)5-11-7(13)8-12-6(4-17-8)9(14)16-3;10-4-2-1-3(5(11)6(4)12)7(19,8(13,14)15)9(16,17)18/h5-6,33H,7H2,1-4H3,(H,29,31);4,15H,5H2,1-3H3,(H,11,13);1-2,19H. The number of amides is 2. The van der Waals surface area contributed by atoms with Crippen LogP contribution in [-0.4, -0.2) is 112 Å². The van der Waals surface area contributed by atoms with Gasteiger partial charge in [0.05, 0.1) is 50.4 Å². The average Bonchev–Trinajstić information content (AvgIpc) is 3.91. The molecule has 2 heterocycles. The highest BCUT2D eigenvalue weighted by atomic mass is 79.9. The number of rotatable bonds is 11. The number of esters is 2. The number of carbonyl (C=O) groups is 4. The van der Waals surface area contributed by atoms with Crippen LogP contribution in [0.15, 0.2) is 34.1 Å². The first-order valence-corrected chi connectivity index (χ1v) is 22.7. The number of carbonyl (C=O) groups excluding carboxylic acids is 4. The highest BCUT2D eigenvalue weighted by Crippen LogP contribution is 2.56. The van der Waals surface area contributed by atoms with Crippen molar-refractivity contribution in [3.8, 4) is 10.4 Å². The Morgan fingerprint density at radius 1 is 0.620 bits per heavy atom. The van der Waals surface area contributed by atoms with Crippen molar-refractivity contribution in [1.82, 2.24) is 20.6 Å². The van der Waals surface area contributed by atoms with E-state index < -0.39 is 108 Å². The van der Waals surface area contributed by atoms with Gasteiger partial charge < -0.3 is 35.4 Å². The number of hydrogen-bond acceptors (Lipinski definition) is 13. The van der Waals surface area contributed by atoms with Crippen LogP contribution >= 0.6 is 85.0 Å². The van der Waals surface area contributed by atoms with E-state index in [9.17, 15) is 82.1 Å². The van der Waals surface area contributed by atoms with E-state index in [2.05, 4.69) is 46.0 Å². The van der Waals surface area contributed by atoms with E-state index in [-0.39, 0.29) is 50.6 Å². The third kappa shape index (κ3) is 15.0. The van der Waals surface area contributed by atoms with Gasteiger partial charge in [0.25, 0.3) is 17.4 Å². The number of aromatic nitrogens is 2. The lowest BCUT2D eigenvalue weighted by atomic mass is 9.80. The maximum Gasteiger partial charge on any atom is 0.430 e. The molecule has 396 valence electrons. The first-order valence-electron chi connectivity index (χ1n) is 18.7. The minimum Gasteiger partial charge on any atom is -0.464 e. The van der Waals surface area contributed by atoms with Gasteiger partial charge in [-0.05, 0) is 62.2 Å². The third-order valence-corrected chi connectivity index (χ3v) is 13.5. The largest absolute Gasteiger partial charge is 0.464 e. The van der Waals surface area contributed by atoms with E-state index in [4.69, 9.17) is 51.5 Å². The maximum atomic E-state index is 13.5. The van der Waals surface area contributed by atoms with Gasteiger partial charge in [-0.25, -0.2) is 19.6 Å². The van der Waals surface area contributed by atoms with Crippen LogP contribution < -0.4 is 10.6 Å². The van der Waals surface area contributed by atoms with E-state index in [1.165, 1.54) is 26.3 Å². The first kappa shape index (κ1) is 63.4. The van der Waals surface area contributed by atoms with E-state index in [1.54, 1.807) is 13.8 Å². The van der Waals surface area contributed by atoms with Gasteiger partial charge in [0.15, 0.2) is 26.8 Å². The molecule has 0 saturated heterocycles. The summed E-state index contributed by atoms with van der Waals surface area (Å²) >= 11 is 27.2. The zero-order chi connectivity index (χ0) is 55.4. The van der Waals surface area contributed by atoms with Crippen molar-refractivity contribution >= 4 is 109 Å². The summed E-state index contributed by atoms with van der Waals surface area (Å²) in [6.45, 7) is 5.84. The Balaban J connectivity index is 0.000000403. The molecule has 2 amide bonds. The van der Waals surface area contributed by atoms with Crippen LogP contribution in [-0.2, 0) is 20.5 Å². The Kier molecular flexibility index (Phi) is 20.7. The van der Waals surface area contributed by atoms with Crippen molar-refractivity contribution in [2.24, 2.45) is 0 Å². The van der Waals surface area contributed by atoms with Crippen LogP contribution in [0.2, 0.25) is 20.1 Å². The summed E-state index contributed by atoms with van der Waals surface area (Å²) in [5.74, 6) is -2.87. The van der Waals surface area contributed by atoms with Crippen molar-refractivity contribution in [1.29, 1.82) is 0 Å². The molecule has 2 aromatic heterocycles. The first-order chi connectivity index (χ1) is 31.9. The highest BCUT2D eigenvalue weighted by molar-refractivity contribution is 9.10. The number of methoxy groups -OCH3 is 2. The van der Waals surface area contributed by atoms with Crippen molar-refractivity contribution in [2.45, 2.75) is 81.5 Å². The second kappa shape index (κ2) is 23.2. The highest BCUT2D eigenvalue weighted by Gasteiger charge is 2.72. The zero-order valence-corrected chi connectivity index (χ0v) is 43.0. The molecule has 5 N–H and O–H groups in total. The summed E-state index contributed by atoms with van der Waals surface area (Å²) in [7, 11) is 2.24. The SMILES string of the molecule is COC(=O)c1csc(C(=O)NCC(C)(C)O)n1.COC(=O)c1nc(C(=O)NCC(C)(C)O)sc1-c1ccc(C(C)(C(F)(F)F)C(F)(F)F)c(Cl)c1Cl.OC(c1ccc(Br)c(Cl)c1Cl)(C(F)(F)F)C(F)(F)F. The molecule has 4 aromatic rings. The van der Waals surface area contributed by atoms with Gasteiger partial charge in [0.1, 0.15) is 0 Å². The van der Waals surface area contributed by atoms with Gasteiger partial charge in [0.2, 0.25) is 0 Å². The number of ether oxygens (including phenoxy) is 2. The van der Waals surface area contributed by atoms with Crippen molar-refractivity contribution in [2.75, 3.05) is 27.3 Å². The van der Waals surface area contributed by atoms with E-state index in [0.29, 0.717) is 23.5 Å². The fraction of sp³-hybridized carbons (Fsp3) is 0.436. The van der Waals surface area contributed by atoms with Gasteiger partial charge in [0, 0.05) is 34.1 Å². The Hall–Kier alpha value is -3.74. The summed E-state index contributed by atoms with van der Waals surface area (Å²) in [5, 5.41) is 31.2. The predicted octanol–water partition coefficient (Wildman–Crippen LogP) is 11.3. The van der Waals surface area contributed by atoms with Crippen molar-refractivity contribution < 1.29 is 96.7 Å². The van der Waals surface area contributed by atoms with Gasteiger partial charge in [-0.15, -0.1) is 22.7 Å². The smallest absolute Gasteiger partial charge is 0.430 e. The Bertz CT molecular complexity index is 2570. The minimum absolute atomic E-state index is 0.00499. The quantitative estimate of drug-likeness (QED) is 0.0544. The Morgan fingerprint density at radius 3 is 1.48 bits per heavy atom. The second-order valence-corrected chi connectivity index (χ2v) is 19.8. The van der Waals surface area contributed by atoms with Crippen LogP contribution in [0.4, 0.5) is 52.7 Å². The molecule has 2 aromatic carbocycles. The molecule has 0 fully saturated rings. The average molecular weight is 1220 g/mol. The summed E-state index contributed by atoms with van der Waals surface area (Å²) in [6.07, 6.45) is -23.6. The number of aliphatic hydroxyl groups is 3. The normalized spacial score (nSPS) is 12.8. The second-order valence-electron chi connectivity index (χ2n) is 15.5. The van der Waals surface area contributed by atoms with Crippen LogP contribution in [0, 0.1) is 0 Å². The maximum absolute atomic E-state index is 13.5. The molecule has 13 nitrogen and oxygen atoms in total. The van der Waals surface area contributed by atoms with Gasteiger partial charge in [-0.1, -0.05) is 64.6 Å². The van der Waals surface area contributed by atoms with Crippen molar-refractivity contribution in [3.05, 3.63) is 86.7 Å². The van der Waals surface area contributed by atoms with Crippen LogP contribution in [0.25, 0.3) is 10.4 Å². The number of thiazole rings is 2. The summed E-state index contributed by atoms with van der Waals surface area (Å²) < 4.78 is 166. The van der Waals surface area contributed by atoms with E-state index >= 15 is 0 Å². The van der Waals surface area contributed by atoms with Crippen LogP contribution in [0.1, 0.15) is 86.3 Å². The minimum atomic E-state index is -6.01. The molecule has 0 aliphatic carbocycles. The molecule has 0 bridgehead atoms. The molecule has 0 atom stereocenters. The van der Waals surface area contributed by atoms with Gasteiger partial charge in [-0.3, -0.25) is 9.59 Å². The fourth-order valence-corrected chi connectivity index (χ4v) is 8.29. The van der Waals surface area contributed by atoms with Crippen LogP contribution in [0.5, 0.6) is 0 Å². The number of nitrogens with one attached hydrogen (secondary N) is 2. The summed E-state index contributed by atoms with van der Waals surface area (Å²) in [5.41, 5.74) is -15.2. The van der Waals surface area contributed by atoms with Crippen molar-refractivity contribution in [3.63, 3.8) is 0 Å². The fourth-order valence-electron chi connectivity index (χ4n) is 5.00. The molecule has 71 heavy (non-hydrogen) atoms. The molecular formula is C39H35BrCl4F12N4O9S2. The van der Waals surface area contributed by atoms with Crippen LogP contribution in [0.3, 0.4) is 0 Å². The number of hydrogen-bond donors (Lipinski definition) is 5. The Labute approximate surface area is 429 Å². The molecule has 0 radical (unpaired) electrons. The number of nitrogens with zero attached hydrogens (tertiary/aromatic N) is 2. The molecule has 0 spiro atoms. The number of alkyl halides is 12. The lowest BCUT2D eigenvalue weighted by molar-refractivity contribution is -0.376. The molecular weight excluding hydrogens is 1180 g/mol. The zero-order valence-electron chi connectivity index (χ0n) is 36.7. The van der Waals surface area contributed by atoms with E-state index in [1.807, 2.05) is 0 Å². The molecule has 0 aliphatic rings. The molecule has 32 heteroatoms. The van der Waals surface area contributed by atoms with E-state index in [0.717, 1.165) is 30.6 Å². The molecule has 4 rings (SSSR count). The topological polar surface area (TPSA) is 197 Å². The summed E-state index contributed by atoms with van der Waals surface area (Å²) in [6, 6.07) is 2.54. The summed E-state index contributed by atoms with van der Waals surface area (Å²) in [4.78, 5) is 54.9.